The number of esters is 2. The lowest BCUT2D eigenvalue weighted by molar-refractivity contribution is -0.161. The Hall–Kier alpha value is -1.79. The summed E-state index contributed by atoms with van der Waals surface area (Å²) in [5.41, 5.74) is -3.46. The second-order valence-electron chi connectivity index (χ2n) is 9.50. The molecule has 7 nitrogen and oxygen atoms in total. The van der Waals surface area contributed by atoms with Crippen LogP contribution in [0.3, 0.4) is 0 Å². The second-order valence-corrected chi connectivity index (χ2v) is 9.50. The van der Waals surface area contributed by atoms with E-state index in [-0.39, 0.29) is 12.8 Å². The molecule has 26 heavy (non-hydrogen) atoms. The molecule has 0 bridgehead atoms. The molecule has 0 aliphatic rings. The van der Waals surface area contributed by atoms with Crippen molar-refractivity contribution in [2.45, 2.75) is 104 Å². The number of hydrogen-bond donors (Lipinski definition) is 0. The summed E-state index contributed by atoms with van der Waals surface area (Å²) >= 11 is 0. The second kappa shape index (κ2) is 8.27. The Morgan fingerprint density at radius 1 is 0.538 bits per heavy atom. The molecular formula is C19H34O7. The van der Waals surface area contributed by atoms with Crippen LogP contribution in [-0.2, 0) is 28.5 Å². The van der Waals surface area contributed by atoms with Crippen LogP contribution in [0, 0.1) is 0 Å². The van der Waals surface area contributed by atoms with Crippen molar-refractivity contribution in [1.82, 2.24) is 0 Å². The molecule has 0 saturated carbocycles. The van der Waals surface area contributed by atoms with Crippen LogP contribution >= 0.6 is 0 Å². The monoisotopic (exact) mass is 374 g/mol. The van der Waals surface area contributed by atoms with Crippen molar-refractivity contribution >= 4 is 18.1 Å². The normalized spacial score (nSPS) is 13.0. The molecule has 7 heteroatoms. The van der Waals surface area contributed by atoms with Crippen molar-refractivity contribution in [2.24, 2.45) is 0 Å². The van der Waals surface area contributed by atoms with Gasteiger partial charge >= 0.3 is 18.1 Å². The molecule has 0 spiro atoms. The lowest BCUT2D eigenvalue weighted by Gasteiger charge is -2.30. The minimum atomic E-state index is -1.11. The number of hydrogen-bond acceptors (Lipinski definition) is 7. The van der Waals surface area contributed by atoms with Gasteiger partial charge in [-0.1, -0.05) is 0 Å². The summed E-state index contributed by atoms with van der Waals surface area (Å²) in [5, 5.41) is 0. The van der Waals surface area contributed by atoms with Crippen molar-refractivity contribution in [3.63, 3.8) is 0 Å². The SMILES string of the molecule is CC(C)(C)OC(=O)CC(C)(C)OC(=O)OC(C)(C)CC(=O)OC(C)(C)C. The Balaban J connectivity index is 4.65. The summed E-state index contributed by atoms with van der Waals surface area (Å²) in [4.78, 5) is 35.9. The number of carbonyl (C=O) groups excluding carboxylic acids is 3. The number of ether oxygens (including phenoxy) is 4. The van der Waals surface area contributed by atoms with E-state index in [9.17, 15) is 14.4 Å². The molecule has 0 unspecified atom stereocenters. The number of rotatable bonds is 6. The molecule has 0 aromatic carbocycles. The molecule has 152 valence electrons. The molecule has 0 fully saturated rings. The summed E-state index contributed by atoms with van der Waals surface area (Å²) in [6, 6.07) is 0. The lowest BCUT2D eigenvalue weighted by atomic mass is 10.0. The van der Waals surface area contributed by atoms with Gasteiger partial charge in [-0.2, -0.15) is 0 Å². The van der Waals surface area contributed by atoms with Crippen LogP contribution < -0.4 is 0 Å². The highest BCUT2D eigenvalue weighted by molar-refractivity contribution is 5.73. The topological polar surface area (TPSA) is 88.1 Å². The zero-order valence-electron chi connectivity index (χ0n) is 17.8. The fraction of sp³-hybridized carbons (Fsp3) is 0.842. The maximum absolute atomic E-state index is 12.1. The summed E-state index contributed by atoms with van der Waals surface area (Å²) in [6.45, 7) is 16.9. The predicted molar refractivity (Wildman–Crippen MR) is 96.6 cm³/mol. The van der Waals surface area contributed by atoms with E-state index in [1.807, 2.05) is 0 Å². The molecule has 0 aromatic rings. The van der Waals surface area contributed by atoms with Crippen LogP contribution in [-0.4, -0.2) is 40.5 Å². The van der Waals surface area contributed by atoms with Gasteiger partial charge in [-0.05, 0) is 69.2 Å². The Kier molecular flexibility index (Phi) is 7.70. The van der Waals surface area contributed by atoms with Gasteiger partial charge in [0.25, 0.3) is 0 Å². The van der Waals surface area contributed by atoms with Gasteiger partial charge in [0, 0.05) is 0 Å². The first kappa shape index (κ1) is 24.2. The average molecular weight is 374 g/mol. The first-order valence-corrected chi connectivity index (χ1v) is 8.66. The van der Waals surface area contributed by atoms with Gasteiger partial charge in [0.1, 0.15) is 22.4 Å². The quantitative estimate of drug-likeness (QED) is 0.509. The van der Waals surface area contributed by atoms with Gasteiger partial charge < -0.3 is 18.9 Å². The third kappa shape index (κ3) is 12.6. The standard InChI is InChI=1S/C19H34O7/c1-16(2,3)23-13(20)11-18(7,8)25-15(22)26-19(9,10)12-14(21)24-17(4,5)6/h11-12H2,1-10H3. The Morgan fingerprint density at radius 2 is 0.808 bits per heavy atom. The van der Waals surface area contributed by atoms with Gasteiger partial charge in [-0.3, -0.25) is 9.59 Å². The zero-order valence-corrected chi connectivity index (χ0v) is 17.8. The molecule has 0 N–H and O–H groups in total. The van der Waals surface area contributed by atoms with Gasteiger partial charge in [0.2, 0.25) is 0 Å². The van der Waals surface area contributed by atoms with Crippen LogP contribution in [0.1, 0.15) is 82.1 Å². The maximum Gasteiger partial charge on any atom is 0.509 e. The molecular weight excluding hydrogens is 340 g/mol. The fourth-order valence-corrected chi connectivity index (χ4v) is 1.99. The summed E-state index contributed by atoms with van der Waals surface area (Å²) in [5.74, 6) is -0.966. The van der Waals surface area contributed by atoms with Crippen molar-refractivity contribution in [3.8, 4) is 0 Å². The summed E-state index contributed by atoms with van der Waals surface area (Å²) < 4.78 is 20.9. The van der Waals surface area contributed by atoms with Crippen LogP contribution in [0.25, 0.3) is 0 Å². The van der Waals surface area contributed by atoms with Crippen molar-refractivity contribution in [1.29, 1.82) is 0 Å². The minimum absolute atomic E-state index is 0.119. The third-order valence-corrected chi connectivity index (χ3v) is 2.70. The fourth-order valence-electron chi connectivity index (χ4n) is 1.99. The van der Waals surface area contributed by atoms with E-state index in [2.05, 4.69) is 0 Å². The van der Waals surface area contributed by atoms with E-state index >= 15 is 0 Å². The van der Waals surface area contributed by atoms with Gasteiger partial charge in [-0.15, -0.1) is 0 Å². The Bertz CT molecular complexity index is 473. The molecule has 0 saturated heterocycles. The van der Waals surface area contributed by atoms with E-state index in [1.165, 1.54) is 0 Å². The molecule has 0 aliphatic heterocycles. The highest BCUT2D eigenvalue weighted by Gasteiger charge is 2.34. The molecule has 0 rings (SSSR count). The minimum Gasteiger partial charge on any atom is -0.460 e. The summed E-state index contributed by atoms with van der Waals surface area (Å²) in [7, 11) is 0. The Morgan fingerprint density at radius 3 is 1.04 bits per heavy atom. The van der Waals surface area contributed by atoms with E-state index < -0.39 is 40.5 Å². The highest BCUT2D eigenvalue weighted by atomic mass is 16.7. The van der Waals surface area contributed by atoms with Crippen LogP contribution in [0.15, 0.2) is 0 Å². The largest absolute Gasteiger partial charge is 0.509 e. The van der Waals surface area contributed by atoms with Crippen molar-refractivity contribution in [2.75, 3.05) is 0 Å². The van der Waals surface area contributed by atoms with Crippen LogP contribution in [0.2, 0.25) is 0 Å². The van der Waals surface area contributed by atoms with Crippen LogP contribution in [0.4, 0.5) is 4.79 Å². The first-order valence-electron chi connectivity index (χ1n) is 8.66. The zero-order chi connectivity index (χ0) is 21.0. The van der Waals surface area contributed by atoms with E-state index in [4.69, 9.17) is 18.9 Å². The van der Waals surface area contributed by atoms with Crippen LogP contribution in [0.5, 0.6) is 0 Å². The first-order chi connectivity index (χ1) is 11.3. The molecule has 0 heterocycles. The molecule has 0 radical (unpaired) electrons. The van der Waals surface area contributed by atoms with Gasteiger partial charge in [-0.25, -0.2) is 4.79 Å². The van der Waals surface area contributed by atoms with Crippen molar-refractivity contribution in [3.05, 3.63) is 0 Å². The predicted octanol–water partition coefficient (Wildman–Crippen LogP) is 4.16. The average Bonchev–Trinajstić information content (AvgIpc) is 2.16. The molecule has 0 aliphatic carbocycles. The van der Waals surface area contributed by atoms with E-state index in [0.717, 1.165) is 0 Å². The highest BCUT2D eigenvalue weighted by Crippen LogP contribution is 2.23. The Labute approximate surface area is 156 Å². The van der Waals surface area contributed by atoms with E-state index in [1.54, 1.807) is 69.2 Å². The van der Waals surface area contributed by atoms with Crippen molar-refractivity contribution < 1.29 is 33.3 Å². The smallest absolute Gasteiger partial charge is 0.460 e. The molecule has 0 amide bonds. The van der Waals surface area contributed by atoms with Gasteiger partial charge in [0.05, 0.1) is 12.8 Å². The third-order valence-electron chi connectivity index (χ3n) is 2.70. The van der Waals surface area contributed by atoms with Gasteiger partial charge in [0.15, 0.2) is 0 Å². The lowest BCUT2D eigenvalue weighted by Crippen LogP contribution is -2.38. The molecule has 0 aromatic heterocycles. The summed E-state index contributed by atoms with van der Waals surface area (Å²) in [6.07, 6.45) is -1.20. The number of carbonyl (C=O) groups is 3. The molecule has 0 atom stereocenters. The maximum atomic E-state index is 12.1. The van der Waals surface area contributed by atoms with E-state index in [0.29, 0.717) is 0 Å².